The highest BCUT2D eigenvalue weighted by molar-refractivity contribution is 6.05. The van der Waals surface area contributed by atoms with Gasteiger partial charge in [-0.3, -0.25) is 4.79 Å². The SMILES string of the molecule is Cc1ccc(-c2ncc[nH]2)cc1NC(=O)c1ccc(O)cc1. The Morgan fingerprint density at radius 2 is 1.95 bits per heavy atom. The average molecular weight is 293 g/mol. The fraction of sp³-hybridized carbons (Fsp3) is 0.0588. The number of anilines is 1. The van der Waals surface area contributed by atoms with Gasteiger partial charge < -0.3 is 15.4 Å². The zero-order chi connectivity index (χ0) is 15.5. The topological polar surface area (TPSA) is 78.0 Å². The number of aromatic amines is 1. The number of carbonyl (C=O) groups is 1. The summed E-state index contributed by atoms with van der Waals surface area (Å²) in [5.41, 5.74) is 3.08. The molecule has 110 valence electrons. The Hall–Kier alpha value is -3.08. The highest BCUT2D eigenvalue weighted by atomic mass is 16.3. The lowest BCUT2D eigenvalue weighted by atomic mass is 10.1. The average Bonchev–Trinajstić information content (AvgIpc) is 3.04. The van der Waals surface area contributed by atoms with Crippen LogP contribution in [0, 0.1) is 6.92 Å². The summed E-state index contributed by atoms with van der Waals surface area (Å²) >= 11 is 0. The molecule has 0 unspecified atom stereocenters. The van der Waals surface area contributed by atoms with Gasteiger partial charge in [0, 0.05) is 29.2 Å². The molecular weight excluding hydrogens is 278 g/mol. The molecule has 3 aromatic rings. The van der Waals surface area contributed by atoms with Gasteiger partial charge in [-0.25, -0.2) is 4.98 Å². The molecule has 3 rings (SSSR count). The molecule has 0 aliphatic heterocycles. The molecule has 5 nitrogen and oxygen atoms in total. The summed E-state index contributed by atoms with van der Waals surface area (Å²) in [6.07, 6.45) is 3.44. The zero-order valence-electron chi connectivity index (χ0n) is 12.0. The maximum atomic E-state index is 12.3. The second-order valence-electron chi connectivity index (χ2n) is 4.97. The van der Waals surface area contributed by atoms with Gasteiger partial charge in [0.15, 0.2) is 0 Å². The highest BCUT2D eigenvalue weighted by Crippen LogP contribution is 2.23. The van der Waals surface area contributed by atoms with Gasteiger partial charge >= 0.3 is 0 Å². The first-order valence-corrected chi connectivity index (χ1v) is 6.84. The first-order chi connectivity index (χ1) is 10.6. The number of nitrogens with one attached hydrogen (secondary N) is 2. The number of hydrogen-bond donors (Lipinski definition) is 3. The number of phenols is 1. The van der Waals surface area contributed by atoms with Crippen molar-refractivity contribution in [2.24, 2.45) is 0 Å². The molecule has 22 heavy (non-hydrogen) atoms. The van der Waals surface area contributed by atoms with E-state index in [9.17, 15) is 9.90 Å². The van der Waals surface area contributed by atoms with E-state index >= 15 is 0 Å². The number of phenolic OH excluding ortho intramolecular Hbond substituents is 1. The van der Waals surface area contributed by atoms with Crippen LogP contribution in [0.25, 0.3) is 11.4 Å². The van der Waals surface area contributed by atoms with E-state index < -0.39 is 0 Å². The predicted molar refractivity (Wildman–Crippen MR) is 84.8 cm³/mol. The Kier molecular flexibility index (Phi) is 3.62. The van der Waals surface area contributed by atoms with Crippen molar-refractivity contribution in [2.75, 3.05) is 5.32 Å². The van der Waals surface area contributed by atoms with Gasteiger partial charge in [0.2, 0.25) is 0 Å². The Morgan fingerprint density at radius 1 is 1.18 bits per heavy atom. The van der Waals surface area contributed by atoms with E-state index in [1.54, 1.807) is 24.5 Å². The van der Waals surface area contributed by atoms with Crippen molar-refractivity contribution in [1.82, 2.24) is 9.97 Å². The van der Waals surface area contributed by atoms with Crippen molar-refractivity contribution in [3.63, 3.8) is 0 Å². The molecule has 1 heterocycles. The molecule has 0 bridgehead atoms. The molecule has 0 fully saturated rings. The van der Waals surface area contributed by atoms with Gasteiger partial charge in [-0.05, 0) is 42.8 Å². The summed E-state index contributed by atoms with van der Waals surface area (Å²) in [5.74, 6) is 0.660. The maximum absolute atomic E-state index is 12.3. The number of rotatable bonds is 3. The van der Waals surface area contributed by atoms with Gasteiger partial charge in [-0.2, -0.15) is 0 Å². The minimum atomic E-state index is -0.223. The van der Waals surface area contributed by atoms with Crippen LogP contribution in [0.4, 0.5) is 5.69 Å². The smallest absolute Gasteiger partial charge is 0.255 e. The normalized spacial score (nSPS) is 10.4. The lowest BCUT2D eigenvalue weighted by Gasteiger charge is -2.10. The molecule has 0 aliphatic carbocycles. The van der Waals surface area contributed by atoms with Crippen LogP contribution in [-0.2, 0) is 0 Å². The molecule has 1 aromatic heterocycles. The number of aromatic nitrogens is 2. The zero-order valence-corrected chi connectivity index (χ0v) is 12.0. The van der Waals surface area contributed by atoms with Gasteiger partial charge in [-0.15, -0.1) is 0 Å². The minimum Gasteiger partial charge on any atom is -0.508 e. The molecule has 0 aliphatic rings. The molecule has 0 saturated heterocycles. The summed E-state index contributed by atoms with van der Waals surface area (Å²) in [7, 11) is 0. The number of hydrogen-bond acceptors (Lipinski definition) is 3. The summed E-state index contributed by atoms with van der Waals surface area (Å²) in [4.78, 5) is 19.5. The van der Waals surface area contributed by atoms with Crippen LogP contribution >= 0.6 is 0 Å². The fourth-order valence-electron chi connectivity index (χ4n) is 2.13. The van der Waals surface area contributed by atoms with Crippen molar-refractivity contribution in [2.45, 2.75) is 6.92 Å². The summed E-state index contributed by atoms with van der Waals surface area (Å²) < 4.78 is 0. The number of benzene rings is 2. The molecule has 0 atom stereocenters. The summed E-state index contributed by atoms with van der Waals surface area (Å²) in [6, 6.07) is 11.9. The van der Waals surface area contributed by atoms with Crippen LogP contribution in [0.1, 0.15) is 15.9 Å². The van der Waals surface area contributed by atoms with Crippen LogP contribution < -0.4 is 5.32 Å². The second-order valence-corrected chi connectivity index (χ2v) is 4.97. The third kappa shape index (κ3) is 2.83. The van der Waals surface area contributed by atoms with Gasteiger partial charge in [0.1, 0.15) is 11.6 Å². The van der Waals surface area contributed by atoms with E-state index in [2.05, 4.69) is 15.3 Å². The second kappa shape index (κ2) is 5.73. The van der Waals surface area contributed by atoms with Crippen molar-refractivity contribution in [3.8, 4) is 17.1 Å². The first-order valence-electron chi connectivity index (χ1n) is 6.84. The Balaban J connectivity index is 1.87. The molecule has 3 N–H and O–H groups in total. The number of aromatic hydroxyl groups is 1. The van der Waals surface area contributed by atoms with Crippen LogP contribution in [0.15, 0.2) is 54.9 Å². The number of nitrogens with zero attached hydrogens (tertiary/aromatic N) is 1. The molecule has 2 aromatic carbocycles. The van der Waals surface area contributed by atoms with Crippen LogP contribution in [0.3, 0.4) is 0 Å². The lowest BCUT2D eigenvalue weighted by Crippen LogP contribution is -2.12. The Morgan fingerprint density at radius 3 is 2.64 bits per heavy atom. The lowest BCUT2D eigenvalue weighted by molar-refractivity contribution is 0.102. The number of imidazole rings is 1. The van der Waals surface area contributed by atoms with E-state index in [0.29, 0.717) is 5.56 Å². The number of aryl methyl sites for hydroxylation is 1. The molecule has 0 spiro atoms. The molecule has 5 heteroatoms. The first kappa shape index (κ1) is 13.9. The third-order valence-electron chi connectivity index (χ3n) is 3.39. The maximum Gasteiger partial charge on any atom is 0.255 e. The number of amides is 1. The van der Waals surface area contributed by atoms with E-state index in [1.165, 1.54) is 12.1 Å². The van der Waals surface area contributed by atoms with Crippen LogP contribution in [0.5, 0.6) is 5.75 Å². The fourth-order valence-corrected chi connectivity index (χ4v) is 2.13. The Labute approximate surface area is 127 Å². The standard InChI is InChI=1S/C17H15N3O2/c1-11-2-3-13(16-18-8-9-19-16)10-15(11)20-17(22)12-4-6-14(21)7-5-12/h2-10,21H,1H3,(H,18,19)(H,20,22). The molecule has 1 amide bonds. The third-order valence-corrected chi connectivity index (χ3v) is 3.39. The molecular formula is C17H15N3O2. The van der Waals surface area contributed by atoms with Crippen molar-refractivity contribution >= 4 is 11.6 Å². The van der Waals surface area contributed by atoms with Crippen molar-refractivity contribution in [1.29, 1.82) is 0 Å². The van der Waals surface area contributed by atoms with E-state index in [-0.39, 0.29) is 11.7 Å². The van der Waals surface area contributed by atoms with Gasteiger partial charge in [0.05, 0.1) is 0 Å². The molecule has 0 saturated carbocycles. The van der Waals surface area contributed by atoms with Crippen molar-refractivity contribution in [3.05, 3.63) is 66.0 Å². The minimum absolute atomic E-state index is 0.132. The van der Waals surface area contributed by atoms with Crippen molar-refractivity contribution < 1.29 is 9.90 Å². The Bertz CT molecular complexity index is 793. The van der Waals surface area contributed by atoms with Crippen LogP contribution in [-0.4, -0.2) is 21.0 Å². The largest absolute Gasteiger partial charge is 0.508 e. The quantitative estimate of drug-likeness (QED) is 0.693. The van der Waals surface area contributed by atoms with Gasteiger partial charge in [0.25, 0.3) is 5.91 Å². The van der Waals surface area contributed by atoms with E-state index in [4.69, 9.17) is 0 Å². The summed E-state index contributed by atoms with van der Waals surface area (Å²) in [6.45, 7) is 1.93. The molecule has 0 radical (unpaired) electrons. The van der Waals surface area contributed by atoms with E-state index in [0.717, 1.165) is 22.6 Å². The summed E-state index contributed by atoms with van der Waals surface area (Å²) in [5, 5.41) is 12.2. The monoisotopic (exact) mass is 293 g/mol. The highest BCUT2D eigenvalue weighted by Gasteiger charge is 2.09. The van der Waals surface area contributed by atoms with Gasteiger partial charge in [-0.1, -0.05) is 12.1 Å². The van der Waals surface area contributed by atoms with E-state index in [1.807, 2.05) is 25.1 Å². The van der Waals surface area contributed by atoms with Crippen LogP contribution in [0.2, 0.25) is 0 Å². The predicted octanol–water partition coefficient (Wildman–Crippen LogP) is 3.34. The number of H-pyrrole nitrogens is 1. The number of carbonyl (C=O) groups excluding carboxylic acids is 1.